The van der Waals surface area contributed by atoms with Crippen molar-refractivity contribution < 1.29 is 9.84 Å². The summed E-state index contributed by atoms with van der Waals surface area (Å²) >= 11 is 0. The van der Waals surface area contributed by atoms with E-state index in [2.05, 4.69) is 5.32 Å². The van der Waals surface area contributed by atoms with Gasteiger partial charge in [-0.15, -0.1) is 0 Å². The number of rotatable bonds is 8. The van der Waals surface area contributed by atoms with E-state index in [1.54, 1.807) is 0 Å². The zero-order valence-electron chi connectivity index (χ0n) is 9.48. The molecule has 0 saturated heterocycles. The molecule has 0 aliphatic carbocycles. The molecule has 0 saturated carbocycles. The summed E-state index contributed by atoms with van der Waals surface area (Å²) in [5.41, 5.74) is 7.43. The molecule has 16 heavy (non-hydrogen) atoms. The topological polar surface area (TPSA) is 67.5 Å². The second-order valence-corrected chi connectivity index (χ2v) is 3.59. The zero-order chi connectivity index (χ0) is 11.6. The third-order valence-electron chi connectivity index (χ3n) is 2.15. The van der Waals surface area contributed by atoms with E-state index in [1.165, 1.54) is 0 Å². The van der Waals surface area contributed by atoms with Crippen molar-refractivity contribution in [2.75, 3.05) is 37.4 Å². The number of benzene rings is 1. The molecule has 0 aliphatic rings. The summed E-state index contributed by atoms with van der Waals surface area (Å²) in [6.45, 7) is 2.44. The van der Waals surface area contributed by atoms with Gasteiger partial charge in [0.15, 0.2) is 0 Å². The van der Waals surface area contributed by atoms with Crippen LogP contribution in [-0.4, -0.2) is 31.5 Å². The van der Waals surface area contributed by atoms with Gasteiger partial charge in [-0.05, 0) is 37.1 Å². The van der Waals surface area contributed by atoms with Gasteiger partial charge in [0.2, 0.25) is 0 Å². The van der Waals surface area contributed by atoms with Crippen molar-refractivity contribution in [1.29, 1.82) is 0 Å². The Bertz CT molecular complexity index is 275. The van der Waals surface area contributed by atoms with Crippen molar-refractivity contribution in [2.45, 2.75) is 12.8 Å². The number of nitrogen functional groups attached to an aromatic ring is 1. The molecular weight excluding hydrogens is 204 g/mol. The molecule has 0 radical (unpaired) electrons. The highest BCUT2D eigenvalue weighted by atomic mass is 16.5. The van der Waals surface area contributed by atoms with Crippen molar-refractivity contribution >= 4 is 11.4 Å². The van der Waals surface area contributed by atoms with Gasteiger partial charge in [-0.2, -0.15) is 0 Å². The molecule has 0 atom stereocenters. The molecule has 0 unspecified atom stereocenters. The molecule has 1 aromatic carbocycles. The molecule has 0 aliphatic heterocycles. The monoisotopic (exact) mass is 224 g/mol. The van der Waals surface area contributed by atoms with Gasteiger partial charge < -0.3 is 20.9 Å². The lowest BCUT2D eigenvalue weighted by molar-refractivity contribution is 0.116. The first-order valence-corrected chi connectivity index (χ1v) is 5.61. The van der Waals surface area contributed by atoms with Crippen molar-refractivity contribution in [3.8, 4) is 0 Å². The highest BCUT2D eigenvalue weighted by Gasteiger charge is 1.92. The minimum Gasteiger partial charge on any atom is -0.399 e. The largest absolute Gasteiger partial charge is 0.399 e. The fourth-order valence-electron chi connectivity index (χ4n) is 1.28. The minimum atomic E-state index is 0.198. The molecule has 0 fully saturated rings. The molecule has 0 bridgehead atoms. The van der Waals surface area contributed by atoms with Gasteiger partial charge in [0.25, 0.3) is 0 Å². The first-order valence-electron chi connectivity index (χ1n) is 5.61. The summed E-state index contributed by atoms with van der Waals surface area (Å²) in [5, 5.41) is 11.8. The summed E-state index contributed by atoms with van der Waals surface area (Å²) < 4.78 is 5.31. The van der Waals surface area contributed by atoms with E-state index in [9.17, 15) is 0 Å². The number of hydrogen-bond acceptors (Lipinski definition) is 4. The lowest BCUT2D eigenvalue weighted by Crippen LogP contribution is -2.06. The van der Waals surface area contributed by atoms with Crippen molar-refractivity contribution in [2.24, 2.45) is 0 Å². The number of aliphatic hydroxyl groups is 1. The maximum Gasteiger partial charge on any atom is 0.0487 e. The van der Waals surface area contributed by atoms with Crippen molar-refractivity contribution in [3.05, 3.63) is 24.3 Å². The maximum atomic E-state index is 8.54. The van der Waals surface area contributed by atoms with Crippen LogP contribution in [0.4, 0.5) is 11.4 Å². The van der Waals surface area contributed by atoms with Gasteiger partial charge in [0, 0.05) is 37.7 Å². The van der Waals surface area contributed by atoms with E-state index in [4.69, 9.17) is 15.6 Å². The molecule has 0 amide bonds. The minimum absolute atomic E-state index is 0.198. The predicted octanol–water partition coefficient (Wildman–Crippen LogP) is 1.47. The second-order valence-electron chi connectivity index (χ2n) is 3.59. The summed E-state index contributed by atoms with van der Waals surface area (Å²) in [7, 11) is 0. The van der Waals surface area contributed by atoms with Gasteiger partial charge in [0.1, 0.15) is 0 Å². The Hall–Kier alpha value is -1.26. The first kappa shape index (κ1) is 12.8. The molecule has 0 aromatic heterocycles. The Morgan fingerprint density at radius 1 is 1.12 bits per heavy atom. The van der Waals surface area contributed by atoms with Gasteiger partial charge in [0.05, 0.1) is 0 Å². The summed E-state index contributed by atoms with van der Waals surface area (Å²) in [5.74, 6) is 0. The molecule has 4 nitrogen and oxygen atoms in total. The lowest BCUT2D eigenvalue weighted by Gasteiger charge is -2.07. The average Bonchev–Trinajstić information content (AvgIpc) is 2.30. The van der Waals surface area contributed by atoms with E-state index in [0.717, 1.165) is 30.9 Å². The average molecular weight is 224 g/mol. The third-order valence-corrected chi connectivity index (χ3v) is 2.15. The van der Waals surface area contributed by atoms with Crippen LogP contribution in [-0.2, 0) is 4.74 Å². The summed E-state index contributed by atoms with van der Waals surface area (Å²) in [6, 6.07) is 7.67. The second kappa shape index (κ2) is 7.96. The Morgan fingerprint density at radius 2 is 1.81 bits per heavy atom. The highest BCUT2D eigenvalue weighted by molar-refractivity contribution is 5.50. The normalized spacial score (nSPS) is 10.3. The van der Waals surface area contributed by atoms with E-state index in [0.29, 0.717) is 13.0 Å². The van der Waals surface area contributed by atoms with Crippen LogP contribution in [0.2, 0.25) is 0 Å². The van der Waals surface area contributed by atoms with Crippen LogP contribution in [0.1, 0.15) is 12.8 Å². The smallest absolute Gasteiger partial charge is 0.0487 e. The van der Waals surface area contributed by atoms with Gasteiger partial charge >= 0.3 is 0 Å². The van der Waals surface area contributed by atoms with Gasteiger partial charge in [-0.1, -0.05) is 0 Å². The van der Waals surface area contributed by atoms with Gasteiger partial charge in [-0.3, -0.25) is 0 Å². The number of anilines is 2. The van der Waals surface area contributed by atoms with Crippen LogP contribution < -0.4 is 11.1 Å². The van der Waals surface area contributed by atoms with Crippen LogP contribution in [0.3, 0.4) is 0 Å². The number of hydrogen-bond donors (Lipinski definition) is 3. The predicted molar refractivity (Wildman–Crippen MR) is 66.5 cm³/mol. The van der Waals surface area contributed by atoms with Crippen LogP contribution in [0.5, 0.6) is 0 Å². The number of nitrogens with two attached hydrogens (primary N) is 1. The van der Waals surface area contributed by atoms with E-state index >= 15 is 0 Å². The van der Waals surface area contributed by atoms with E-state index in [-0.39, 0.29) is 6.61 Å². The molecule has 1 rings (SSSR count). The zero-order valence-corrected chi connectivity index (χ0v) is 9.48. The fourth-order valence-corrected chi connectivity index (χ4v) is 1.28. The summed E-state index contributed by atoms with van der Waals surface area (Å²) in [6.07, 6.45) is 1.67. The Labute approximate surface area is 96.4 Å². The molecule has 1 aromatic rings. The third kappa shape index (κ3) is 5.58. The fraction of sp³-hybridized carbons (Fsp3) is 0.500. The SMILES string of the molecule is Nc1ccc(NCCCOCCCO)cc1. The summed E-state index contributed by atoms with van der Waals surface area (Å²) in [4.78, 5) is 0. The first-order chi connectivity index (χ1) is 7.83. The van der Waals surface area contributed by atoms with Gasteiger partial charge in [-0.25, -0.2) is 0 Å². The van der Waals surface area contributed by atoms with Crippen LogP contribution in [0, 0.1) is 0 Å². The standard InChI is InChI=1S/C12H20N2O2/c13-11-3-5-12(6-4-11)14-7-1-9-16-10-2-8-15/h3-6,14-15H,1-2,7-10,13H2. The highest BCUT2D eigenvalue weighted by Crippen LogP contribution is 2.09. The number of aliphatic hydroxyl groups excluding tert-OH is 1. The molecule has 4 heteroatoms. The number of nitrogens with one attached hydrogen (secondary N) is 1. The Kier molecular flexibility index (Phi) is 6.37. The molecule has 4 N–H and O–H groups in total. The van der Waals surface area contributed by atoms with Crippen LogP contribution >= 0.6 is 0 Å². The maximum absolute atomic E-state index is 8.54. The van der Waals surface area contributed by atoms with Crippen molar-refractivity contribution in [3.63, 3.8) is 0 Å². The molecule has 0 heterocycles. The Morgan fingerprint density at radius 3 is 2.50 bits per heavy atom. The number of ether oxygens (including phenoxy) is 1. The molecular formula is C12H20N2O2. The quantitative estimate of drug-likeness (QED) is 0.462. The van der Waals surface area contributed by atoms with E-state index in [1.807, 2.05) is 24.3 Å². The van der Waals surface area contributed by atoms with Crippen LogP contribution in [0.15, 0.2) is 24.3 Å². The van der Waals surface area contributed by atoms with Crippen molar-refractivity contribution in [1.82, 2.24) is 0 Å². The lowest BCUT2D eigenvalue weighted by atomic mass is 10.3. The molecule has 90 valence electrons. The van der Waals surface area contributed by atoms with E-state index < -0.39 is 0 Å². The Balaban J connectivity index is 2.01. The van der Waals surface area contributed by atoms with Crippen LogP contribution in [0.25, 0.3) is 0 Å². The molecule has 0 spiro atoms.